The number of hydrogen-bond acceptors (Lipinski definition) is 3. The lowest BCUT2D eigenvalue weighted by atomic mass is 10.1. The van der Waals surface area contributed by atoms with Crippen molar-refractivity contribution in [1.82, 2.24) is 9.55 Å². The number of amides is 1. The molecule has 1 heterocycles. The van der Waals surface area contributed by atoms with Gasteiger partial charge in [-0.05, 0) is 35.9 Å². The summed E-state index contributed by atoms with van der Waals surface area (Å²) in [6.07, 6.45) is 3.48. The molecule has 4 nitrogen and oxygen atoms in total. The Bertz CT molecular complexity index is 830. The van der Waals surface area contributed by atoms with Crippen molar-refractivity contribution in [3.05, 3.63) is 77.9 Å². The molecule has 0 radical (unpaired) electrons. The fourth-order valence-corrected chi connectivity index (χ4v) is 3.06. The number of aromatic nitrogens is 2. The number of nitrogens with zero attached hydrogens (tertiary/aromatic N) is 2. The second kappa shape index (κ2) is 6.66. The van der Waals surface area contributed by atoms with Gasteiger partial charge in [0, 0.05) is 23.7 Å². The first-order chi connectivity index (χ1) is 11.1. The van der Waals surface area contributed by atoms with Gasteiger partial charge in [0.2, 0.25) is 5.91 Å². The van der Waals surface area contributed by atoms with Crippen molar-refractivity contribution in [3.8, 4) is 5.69 Å². The van der Waals surface area contributed by atoms with Crippen LogP contribution < -0.4 is 5.73 Å². The molecule has 0 fully saturated rings. The lowest BCUT2D eigenvalue weighted by Crippen LogP contribution is -2.10. The zero-order valence-electron chi connectivity index (χ0n) is 12.1. The summed E-state index contributed by atoms with van der Waals surface area (Å²) in [6, 6.07) is 13.5. The summed E-state index contributed by atoms with van der Waals surface area (Å²) in [5.41, 5.74) is 7.49. The number of hydrogen-bond donors (Lipinski definition) is 1. The van der Waals surface area contributed by atoms with Crippen LogP contribution >= 0.6 is 11.8 Å². The molecule has 0 saturated carbocycles. The maximum atomic E-state index is 13.4. The minimum atomic E-state index is -0.439. The number of imidazole rings is 1. The molecule has 0 aliphatic heterocycles. The highest BCUT2D eigenvalue weighted by Crippen LogP contribution is 2.24. The average Bonchev–Trinajstić information content (AvgIpc) is 3.02. The predicted molar refractivity (Wildman–Crippen MR) is 88.0 cm³/mol. The first-order valence-corrected chi connectivity index (χ1v) is 7.93. The molecule has 0 bridgehead atoms. The first kappa shape index (κ1) is 15.3. The highest BCUT2D eigenvalue weighted by atomic mass is 32.2. The number of nitrogens with two attached hydrogens (primary N) is 1. The van der Waals surface area contributed by atoms with Crippen LogP contribution in [0.3, 0.4) is 0 Å². The SMILES string of the molecule is NC(=O)c1ccc(CSc2nccn2-c2cccc(F)c2)cc1. The number of thioether (sulfide) groups is 1. The Balaban J connectivity index is 1.74. The first-order valence-electron chi connectivity index (χ1n) is 6.94. The van der Waals surface area contributed by atoms with Gasteiger partial charge in [0.15, 0.2) is 5.16 Å². The Morgan fingerprint density at radius 3 is 2.70 bits per heavy atom. The van der Waals surface area contributed by atoms with Crippen LogP contribution in [0, 0.1) is 5.82 Å². The van der Waals surface area contributed by atoms with Crippen LogP contribution in [-0.2, 0) is 5.75 Å². The van der Waals surface area contributed by atoms with E-state index in [9.17, 15) is 9.18 Å². The van der Waals surface area contributed by atoms with Crippen molar-refractivity contribution < 1.29 is 9.18 Å². The maximum absolute atomic E-state index is 13.4. The molecule has 0 unspecified atom stereocenters. The standard InChI is InChI=1S/C17H14FN3OS/c18-14-2-1-3-15(10-14)21-9-8-20-17(21)23-11-12-4-6-13(7-5-12)16(19)22/h1-10H,11H2,(H2,19,22). The number of primary amides is 1. The molecule has 3 rings (SSSR count). The number of benzene rings is 2. The topological polar surface area (TPSA) is 60.9 Å². The summed E-state index contributed by atoms with van der Waals surface area (Å²) < 4.78 is 15.2. The van der Waals surface area contributed by atoms with Crippen LogP contribution in [-0.4, -0.2) is 15.5 Å². The van der Waals surface area contributed by atoms with Crippen molar-refractivity contribution >= 4 is 17.7 Å². The molecule has 6 heteroatoms. The Morgan fingerprint density at radius 2 is 2.00 bits per heavy atom. The highest BCUT2D eigenvalue weighted by molar-refractivity contribution is 7.98. The summed E-state index contributed by atoms with van der Waals surface area (Å²) in [7, 11) is 0. The van der Waals surface area contributed by atoms with Crippen molar-refractivity contribution in [2.75, 3.05) is 0 Å². The van der Waals surface area contributed by atoms with E-state index in [0.717, 1.165) is 16.4 Å². The molecule has 1 aromatic heterocycles. The van der Waals surface area contributed by atoms with E-state index in [-0.39, 0.29) is 5.82 Å². The molecule has 3 aromatic rings. The van der Waals surface area contributed by atoms with E-state index in [1.807, 2.05) is 22.8 Å². The van der Waals surface area contributed by atoms with Crippen LogP contribution in [0.1, 0.15) is 15.9 Å². The second-order valence-corrected chi connectivity index (χ2v) is 5.85. The molecule has 0 aliphatic carbocycles. The van der Waals surface area contributed by atoms with Gasteiger partial charge in [0.1, 0.15) is 5.82 Å². The normalized spacial score (nSPS) is 10.7. The number of carbonyl (C=O) groups excluding carboxylic acids is 1. The van der Waals surface area contributed by atoms with E-state index in [2.05, 4.69) is 4.98 Å². The molecule has 116 valence electrons. The van der Waals surface area contributed by atoms with Gasteiger partial charge in [-0.3, -0.25) is 9.36 Å². The Hall–Kier alpha value is -2.60. The monoisotopic (exact) mass is 327 g/mol. The van der Waals surface area contributed by atoms with Gasteiger partial charge < -0.3 is 5.73 Å². The smallest absolute Gasteiger partial charge is 0.248 e. The minimum Gasteiger partial charge on any atom is -0.366 e. The van der Waals surface area contributed by atoms with E-state index in [1.165, 1.54) is 23.9 Å². The summed E-state index contributed by atoms with van der Waals surface area (Å²) in [5, 5.41) is 0.773. The van der Waals surface area contributed by atoms with Gasteiger partial charge >= 0.3 is 0 Å². The van der Waals surface area contributed by atoms with Crippen LogP contribution in [0.4, 0.5) is 4.39 Å². The zero-order valence-corrected chi connectivity index (χ0v) is 13.0. The van der Waals surface area contributed by atoms with Crippen LogP contribution in [0.15, 0.2) is 66.1 Å². The lowest BCUT2D eigenvalue weighted by molar-refractivity contribution is 0.100. The second-order valence-electron chi connectivity index (χ2n) is 4.91. The van der Waals surface area contributed by atoms with Crippen molar-refractivity contribution in [3.63, 3.8) is 0 Å². The molecule has 0 atom stereocenters. The molecule has 0 spiro atoms. The summed E-state index contributed by atoms with van der Waals surface area (Å²) >= 11 is 1.53. The number of halogens is 1. The highest BCUT2D eigenvalue weighted by Gasteiger charge is 2.07. The van der Waals surface area contributed by atoms with Crippen molar-refractivity contribution in [2.45, 2.75) is 10.9 Å². The van der Waals surface area contributed by atoms with Gasteiger partial charge in [-0.1, -0.05) is 30.0 Å². The molecule has 23 heavy (non-hydrogen) atoms. The number of carbonyl (C=O) groups is 1. The van der Waals surface area contributed by atoms with E-state index >= 15 is 0 Å². The molecular weight excluding hydrogens is 313 g/mol. The van der Waals surface area contributed by atoms with E-state index < -0.39 is 5.91 Å². The lowest BCUT2D eigenvalue weighted by Gasteiger charge is -2.08. The van der Waals surface area contributed by atoms with Gasteiger partial charge in [-0.15, -0.1) is 0 Å². The predicted octanol–water partition coefficient (Wildman–Crippen LogP) is 3.40. The van der Waals surface area contributed by atoms with Gasteiger partial charge in [-0.2, -0.15) is 0 Å². The molecular formula is C17H14FN3OS. The molecule has 2 N–H and O–H groups in total. The molecule has 2 aromatic carbocycles. The van der Waals surface area contributed by atoms with E-state index in [0.29, 0.717) is 11.3 Å². The Morgan fingerprint density at radius 1 is 1.22 bits per heavy atom. The molecule has 0 saturated heterocycles. The van der Waals surface area contributed by atoms with Crippen LogP contribution in [0.5, 0.6) is 0 Å². The third kappa shape index (κ3) is 3.60. The fraction of sp³-hybridized carbons (Fsp3) is 0.0588. The summed E-state index contributed by atoms with van der Waals surface area (Å²) in [5.74, 6) is -0.0363. The number of rotatable bonds is 5. The zero-order chi connectivity index (χ0) is 16.2. The molecule has 0 aliphatic rings. The van der Waals surface area contributed by atoms with Gasteiger partial charge in [0.05, 0.1) is 5.69 Å². The van der Waals surface area contributed by atoms with Crippen molar-refractivity contribution in [1.29, 1.82) is 0 Å². The minimum absolute atomic E-state index is 0.283. The Kier molecular flexibility index (Phi) is 4.43. The van der Waals surface area contributed by atoms with Crippen LogP contribution in [0.25, 0.3) is 5.69 Å². The average molecular weight is 327 g/mol. The Labute approximate surface area is 137 Å². The van der Waals surface area contributed by atoms with Gasteiger partial charge in [0.25, 0.3) is 0 Å². The fourth-order valence-electron chi connectivity index (χ4n) is 2.13. The summed E-state index contributed by atoms with van der Waals surface area (Å²) in [6.45, 7) is 0. The quantitative estimate of drug-likeness (QED) is 0.731. The molecule has 1 amide bonds. The van der Waals surface area contributed by atoms with E-state index in [4.69, 9.17) is 5.73 Å². The third-order valence-electron chi connectivity index (χ3n) is 3.30. The summed E-state index contributed by atoms with van der Waals surface area (Å²) in [4.78, 5) is 15.4. The maximum Gasteiger partial charge on any atom is 0.248 e. The van der Waals surface area contributed by atoms with Crippen molar-refractivity contribution in [2.24, 2.45) is 5.73 Å². The van der Waals surface area contributed by atoms with Crippen LogP contribution in [0.2, 0.25) is 0 Å². The third-order valence-corrected chi connectivity index (χ3v) is 4.34. The van der Waals surface area contributed by atoms with Gasteiger partial charge in [-0.25, -0.2) is 9.37 Å². The van der Waals surface area contributed by atoms with E-state index in [1.54, 1.807) is 30.6 Å². The largest absolute Gasteiger partial charge is 0.366 e.